The first-order valence-electron chi connectivity index (χ1n) is 28.3. The fraction of sp³-hybridized carbons (Fsp3) is 0.438. The molecule has 416 valence electrons. The number of carbonyl (C=O) groups is 1. The molecule has 5 aromatic carbocycles. The van der Waals surface area contributed by atoms with Crippen LogP contribution in [0, 0.1) is 0 Å². The first-order valence-corrected chi connectivity index (χ1v) is 31.6. The first kappa shape index (κ1) is 58.6. The third-order valence-electron chi connectivity index (χ3n) is 16.0. The summed E-state index contributed by atoms with van der Waals surface area (Å²) in [6, 6.07) is 33.8. The lowest BCUT2D eigenvalue weighted by atomic mass is 9.78. The smallest absolute Gasteiger partial charge is 0.264 e. The lowest BCUT2D eigenvalue weighted by Gasteiger charge is -2.28. The highest BCUT2D eigenvalue weighted by molar-refractivity contribution is 7.86. The topological polar surface area (TPSA) is 182 Å². The Hall–Kier alpha value is -5.58. The number of rotatable bonds is 28. The third-order valence-corrected chi connectivity index (χ3v) is 17.6. The largest absolute Gasteiger partial charge is 0.344 e. The summed E-state index contributed by atoms with van der Waals surface area (Å²) in [5, 5.41) is 11.6. The Morgan fingerprint density at radius 1 is 0.654 bits per heavy atom. The molecule has 3 aliphatic rings. The number of unbranched alkanes of at least 4 members (excludes halogenated alkanes) is 4. The van der Waals surface area contributed by atoms with Gasteiger partial charge >= 0.3 is 0 Å². The minimum absolute atomic E-state index is 0.138. The van der Waals surface area contributed by atoms with E-state index in [-0.39, 0.29) is 17.3 Å². The summed E-state index contributed by atoms with van der Waals surface area (Å²) in [7, 11) is -8.18. The van der Waals surface area contributed by atoms with Gasteiger partial charge in [-0.15, -0.1) is 0 Å². The van der Waals surface area contributed by atoms with Gasteiger partial charge in [-0.3, -0.25) is 13.9 Å². The van der Waals surface area contributed by atoms with E-state index >= 15 is 0 Å². The number of ketones is 1. The number of Topliss-reactive ketones (excluding diaryl/α,β-unsaturated/α-hetero) is 1. The van der Waals surface area contributed by atoms with E-state index in [9.17, 15) is 30.7 Å². The van der Waals surface area contributed by atoms with Crippen molar-refractivity contribution in [3.8, 4) is 0 Å². The number of allylic oxidation sites excluding steroid dienone is 8. The highest BCUT2D eigenvalue weighted by Gasteiger charge is 2.46. The second-order valence-electron chi connectivity index (χ2n) is 22.4. The van der Waals surface area contributed by atoms with E-state index in [0.717, 1.165) is 122 Å². The number of hydrogen-bond donors (Lipinski definition) is 5. The molecule has 2 heterocycles. The van der Waals surface area contributed by atoms with Gasteiger partial charge < -0.3 is 21.3 Å². The Balaban J connectivity index is 1.14. The Morgan fingerprint density at radius 3 is 1.91 bits per heavy atom. The monoisotopic (exact) mass is 1100 g/mol. The van der Waals surface area contributed by atoms with Crippen LogP contribution in [-0.2, 0) is 31.1 Å². The molecule has 0 bridgehead atoms. The maximum absolute atomic E-state index is 13.7. The van der Waals surface area contributed by atoms with Gasteiger partial charge in [-0.1, -0.05) is 105 Å². The molecule has 0 amide bonds. The zero-order valence-electron chi connectivity index (χ0n) is 46.3. The average Bonchev–Trinajstić information content (AvgIpc) is 3.91. The number of nitrogens with two attached hydrogens (primary N) is 1. The van der Waals surface area contributed by atoms with Crippen molar-refractivity contribution in [1.29, 1.82) is 0 Å². The predicted octanol–water partition coefficient (Wildman–Crippen LogP) is 12.2. The van der Waals surface area contributed by atoms with Gasteiger partial charge in [0.25, 0.3) is 20.2 Å². The minimum atomic E-state index is -4.09. The molecular weight excluding hydrogens is 1010 g/mol. The maximum atomic E-state index is 13.7. The molecule has 0 radical (unpaired) electrons. The molecule has 0 saturated heterocycles. The summed E-state index contributed by atoms with van der Waals surface area (Å²) in [4.78, 5) is 16.0. The van der Waals surface area contributed by atoms with E-state index in [1.165, 1.54) is 33.0 Å². The van der Waals surface area contributed by atoms with Crippen LogP contribution in [0.25, 0.3) is 27.1 Å². The minimum Gasteiger partial charge on any atom is -0.344 e. The molecule has 5 aromatic rings. The van der Waals surface area contributed by atoms with Crippen molar-refractivity contribution >= 4 is 70.2 Å². The second-order valence-corrected chi connectivity index (χ2v) is 25.6. The summed E-state index contributed by atoms with van der Waals surface area (Å²) in [5.74, 6) is -0.436. The zero-order valence-corrected chi connectivity index (χ0v) is 48.0. The second kappa shape index (κ2) is 26.1. The summed E-state index contributed by atoms with van der Waals surface area (Å²) in [5.41, 5.74) is 16.8. The molecule has 0 fully saturated rings. The van der Waals surface area contributed by atoms with Gasteiger partial charge in [0.05, 0.1) is 16.9 Å². The summed E-state index contributed by atoms with van der Waals surface area (Å²) in [6.45, 7) is 14.8. The number of nitrogens with one attached hydrogen (secondary N) is 2. The van der Waals surface area contributed by atoms with Gasteiger partial charge in [0.2, 0.25) is 5.69 Å². The van der Waals surface area contributed by atoms with Crippen LogP contribution < -0.4 is 21.3 Å². The average molecular weight is 1100 g/mol. The highest BCUT2D eigenvalue weighted by Crippen LogP contribution is 2.51. The Morgan fingerprint density at radius 2 is 1.26 bits per heavy atom. The van der Waals surface area contributed by atoms with Crippen LogP contribution in [0.5, 0.6) is 0 Å². The van der Waals surface area contributed by atoms with Gasteiger partial charge in [0.1, 0.15) is 6.54 Å². The number of carbonyl (C=O) groups excluding carboxylic acids is 1. The number of nitrogens with zero attached hydrogens (tertiary/aromatic N) is 2. The van der Waals surface area contributed by atoms with E-state index in [2.05, 4.69) is 157 Å². The van der Waals surface area contributed by atoms with Crippen molar-refractivity contribution < 1.29 is 35.3 Å². The maximum Gasteiger partial charge on any atom is 0.264 e. The lowest BCUT2D eigenvalue weighted by molar-refractivity contribution is -0.438. The molecule has 78 heavy (non-hydrogen) atoms. The molecule has 0 spiro atoms. The Bertz CT molecular complexity index is 3350. The van der Waals surface area contributed by atoms with Gasteiger partial charge in [0, 0.05) is 59.5 Å². The molecular formula is C64H82N5O7S2+. The van der Waals surface area contributed by atoms with Crippen molar-refractivity contribution in [2.24, 2.45) is 5.73 Å². The normalized spacial score (nSPS) is 17.4. The third kappa shape index (κ3) is 14.2. The molecule has 6 N–H and O–H groups in total. The molecule has 14 heteroatoms. The predicted molar refractivity (Wildman–Crippen MR) is 322 cm³/mol. The quantitative estimate of drug-likeness (QED) is 0.0139. The molecule has 12 nitrogen and oxygen atoms in total. The van der Waals surface area contributed by atoms with Crippen LogP contribution >= 0.6 is 0 Å². The molecule has 0 atom stereocenters. The Kier molecular flexibility index (Phi) is 19.6. The van der Waals surface area contributed by atoms with E-state index in [1.54, 1.807) is 0 Å². The zero-order chi connectivity index (χ0) is 55.5. The molecule has 1 aliphatic carbocycles. The molecule has 0 unspecified atom stereocenters. The van der Waals surface area contributed by atoms with Gasteiger partial charge in [-0.05, 0) is 185 Å². The Labute approximate surface area is 464 Å². The van der Waals surface area contributed by atoms with Crippen LogP contribution in [0.4, 0.5) is 11.4 Å². The van der Waals surface area contributed by atoms with E-state index in [0.29, 0.717) is 57.3 Å². The van der Waals surface area contributed by atoms with Crippen molar-refractivity contribution in [2.45, 2.75) is 122 Å². The first-order chi connectivity index (χ1) is 37.4. The van der Waals surface area contributed by atoms with E-state index in [4.69, 9.17) is 5.73 Å². The van der Waals surface area contributed by atoms with Crippen molar-refractivity contribution in [2.75, 3.05) is 62.2 Å². The van der Waals surface area contributed by atoms with Crippen LogP contribution in [0.1, 0.15) is 138 Å². The van der Waals surface area contributed by atoms with Crippen LogP contribution in [0.2, 0.25) is 0 Å². The van der Waals surface area contributed by atoms with E-state index in [1.807, 2.05) is 12.1 Å². The highest BCUT2D eigenvalue weighted by atomic mass is 32.2. The van der Waals surface area contributed by atoms with Gasteiger partial charge in [-0.2, -0.15) is 21.4 Å². The number of benzene rings is 5. The standard InChI is InChI=1S/C64H81N5O7S2/c1-63(2)58(68(43-13-15-45-77(71,72)73)55-34-30-47-19-5-7-23-53(47)61(55)63)36-32-50-21-17-22-51(60(50)52-28-26-49(27-29-52)57(70)25-9-10-39-66-40-11-12-41-67-42-18-38-65)33-37-59-64(3,4)62-54-24-8-6-20-48(54)31-35-56(62)69(59)44-14-16-46-78(74,75)76/h5-8,19-20,23-24,26-37,66-67H,9-18,21-22,25,38-46,65H2,1-4H3,(H-,71,72,73,74,75,76)/p+1. The number of hydrogen-bond acceptors (Lipinski definition) is 9. The van der Waals surface area contributed by atoms with Crippen LogP contribution in [0.15, 0.2) is 138 Å². The fourth-order valence-electron chi connectivity index (χ4n) is 12.1. The summed E-state index contributed by atoms with van der Waals surface area (Å²) >= 11 is 0. The number of anilines is 1. The summed E-state index contributed by atoms with van der Waals surface area (Å²) < 4.78 is 68.7. The van der Waals surface area contributed by atoms with Crippen LogP contribution in [-0.4, -0.2) is 99.3 Å². The van der Waals surface area contributed by atoms with Gasteiger partial charge in [-0.25, -0.2) is 0 Å². The van der Waals surface area contributed by atoms with Crippen molar-refractivity contribution in [3.05, 3.63) is 160 Å². The SMILES string of the molecule is CC1(C)C(/C=C/C2=C(c3ccc(C(=O)CCCCNCCCCNCCCN)cc3)C(=C/C=C3/N(CCCCS(=O)(=O)O)c4ccc5ccccc5c4C3(C)C)/CCC2)=[N+](CCCCS(=O)(=O)O)c2ccc3ccccc3c21. The molecule has 0 saturated carbocycles. The molecule has 0 aromatic heterocycles. The van der Waals surface area contributed by atoms with Crippen molar-refractivity contribution in [1.82, 2.24) is 10.6 Å². The lowest BCUT2D eigenvalue weighted by Crippen LogP contribution is -2.28. The van der Waals surface area contributed by atoms with Gasteiger partial charge in [0.15, 0.2) is 11.5 Å². The summed E-state index contributed by atoms with van der Waals surface area (Å²) in [6.07, 6.45) is 18.9. The van der Waals surface area contributed by atoms with E-state index < -0.39 is 31.1 Å². The van der Waals surface area contributed by atoms with Crippen LogP contribution in [0.3, 0.4) is 0 Å². The molecule has 2 aliphatic heterocycles. The fourth-order valence-corrected chi connectivity index (χ4v) is 13.3. The number of fused-ring (bicyclic) bond motifs is 6. The molecule has 8 rings (SSSR count). The van der Waals surface area contributed by atoms with Crippen molar-refractivity contribution in [3.63, 3.8) is 0 Å².